The number of azo groups is 1. The Labute approximate surface area is 154 Å². The zero-order valence-electron chi connectivity index (χ0n) is 14.5. The smallest absolute Gasteiger partial charge is 0.153 e. The number of methoxy groups -OCH3 is 1. The molecular weight excluding hydrogens is 342 g/mol. The summed E-state index contributed by atoms with van der Waals surface area (Å²) in [5, 5.41) is 10.0. The van der Waals surface area contributed by atoms with Crippen LogP contribution in [0.15, 0.2) is 58.8 Å². The Morgan fingerprint density at radius 3 is 2.44 bits per heavy atom. The molecule has 0 atom stereocenters. The second-order valence-electron chi connectivity index (χ2n) is 5.95. The third-order valence-corrected chi connectivity index (χ3v) is 4.20. The molecule has 4 rings (SSSR count). The largest absolute Gasteiger partial charge is 0.497 e. The Kier molecular flexibility index (Phi) is 3.92. The Bertz CT molecular complexity index is 1200. The van der Waals surface area contributed by atoms with Gasteiger partial charge in [-0.3, -0.25) is 0 Å². The van der Waals surface area contributed by atoms with Gasteiger partial charge in [0, 0.05) is 10.8 Å². The maximum absolute atomic E-state index is 6.34. The fraction of sp³-hybridized carbons (Fsp3) is 0.0526. The van der Waals surface area contributed by atoms with Crippen molar-refractivity contribution in [1.29, 1.82) is 0 Å². The summed E-state index contributed by atoms with van der Waals surface area (Å²) in [4.78, 5) is 8.63. The van der Waals surface area contributed by atoms with Crippen molar-refractivity contribution >= 4 is 50.5 Å². The van der Waals surface area contributed by atoms with Crippen molar-refractivity contribution in [3.63, 3.8) is 0 Å². The number of nitrogens with zero attached hydrogens (tertiary/aromatic N) is 4. The number of aromatic nitrogens is 2. The number of nitrogen functional groups attached to an aromatic ring is 3. The summed E-state index contributed by atoms with van der Waals surface area (Å²) in [5.41, 5.74) is 20.9. The highest BCUT2D eigenvalue weighted by Crippen LogP contribution is 2.33. The number of benzene rings is 2. The Morgan fingerprint density at radius 2 is 1.67 bits per heavy atom. The first-order valence-electron chi connectivity index (χ1n) is 8.16. The van der Waals surface area contributed by atoms with Crippen LogP contribution in [-0.4, -0.2) is 17.1 Å². The fourth-order valence-electron chi connectivity index (χ4n) is 2.81. The number of hydrogen-bond donors (Lipinski definition) is 3. The van der Waals surface area contributed by atoms with Gasteiger partial charge in [-0.05, 0) is 48.5 Å². The Balaban J connectivity index is 1.77. The number of fused-ring (bicyclic) bond motifs is 2. The van der Waals surface area contributed by atoms with Gasteiger partial charge in [0.1, 0.15) is 17.3 Å². The van der Waals surface area contributed by atoms with Crippen LogP contribution in [0.2, 0.25) is 0 Å². The number of anilines is 3. The zero-order valence-corrected chi connectivity index (χ0v) is 14.5. The van der Waals surface area contributed by atoms with Crippen LogP contribution >= 0.6 is 0 Å². The van der Waals surface area contributed by atoms with Gasteiger partial charge in [0.25, 0.3) is 0 Å². The summed E-state index contributed by atoms with van der Waals surface area (Å²) in [7, 11) is 1.62. The third kappa shape index (κ3) is 3.04. The minimum atomic E-state index is 0.224. The molecule has 27 heavy (non-hydrogen) atoms. The van der Waals surface area contributed by atoms with E-state index in [9.17, 15) is 0 Å². The van der Waals surface area contributed by atoms with E-state index in [0.717, 1.165) is 27.6 Å². The van der Waals surface area contributed by atoms with Gasteiger partial charge in [-0.15, -0.1) is 5.11 Å². The van der Waals surface area contributed by atoms with Crippen molar-refractivity contribution in [2.45, 2.75) is 0 Å². The molecule has 0 fully saturated rings. The molecule has 0 unspecified atom stereocenters. The SMILES string of the molecule is COc1ccc2nc3cc(N=Nc4ccc(N)nc4N)ccc3c(N)c2c1. The Hall–Kier alpha value is -3.94. The molecule has 2 aromatic carbocycles. The third-order valence-electron chi connectivity index (χ3n) is 4.20. The number of hydrogen-bond acceptors (Lipinski definition) is 8. The number of ether oxygens (including phenoxy) is 1. The van der Waals surface area contributed by atoms with Crippen LogP contribution in [0.4, 0.5) is 28.7 Å². The van der Waals surface area contributed by atoms with Crippen LogP contribution in [-0.2, 0) is 0 Å². The normalized spacial score (nSPS) is 11.4. The highest BCUT2D eigenvalue weighted by molar-refractivity contribution is 6.07. The summed E-state index contributed by atoms with van der Waals surface area (Å²) in [5.74, 6) is 1.29. The quantitative estimate of drug-likeness (QED) is 0.374. The molecule has 0 spiro atoms. The van der Waals surface area contributed by atoms with Crippen LogP contribution in [0, 0.1) is 0 Å². The van der Waals surface area contributed by atoms with Crippen LogP contribution in [0.5, 0.6) is 5.75 Å². The van der Waals surface area contributed by atoms with E-state index in [0.29, 0.717) is 22.9 Å². The van der Waals surface area contributed by atoms with Gasteiger partial charge in [0.15, 0.2) is 5.82 Å². The van der Waals surface area contributed by atoms with Crippen molar-refractivity contribution in [1.82, 2.24) is 9.97 Å². The molecule has 2 heterocycles. The summed E-state index contributed by atoms with van der Waals surface area (Å²) in [6.07, 6.45) is 0. The van der Waals surface area contributed by atoms with Gasteiger partial charge in [-0.2, -0.15) is 5.11 Å². The second kappa shape index (κ2) is 6.41. The summed E-state index contributed by atoms with van der Waals surface area (Å²) in [6, 6.07) is 14.4. The van der Waals surface area contributed by atoms with Crippen molar-refractivity contribution in [3.05, 3.63) is 48.5 Å². The molecule has 0 aliphatic heterocycles. The molecule has 2 aromatic heterocycles. The molecule has 0 radical (unpaired) electrons. The van der Waals surface area contributed by atoms with Gasteiger partial charge in [0.05, 0.1) is 29.5 Å². The highest BCUT2D eigenvalue weighted by atomic mass is 16.5. The summed E-state index contributed by atoms with van der Waals surface area (Å²) >= 11 is 0. The first kappa shape index (κ1) is 16.5. The predicted octanol–water partition coefficient (Wildman–Crippen LogP) is 3.95. The van der Waals surface area contributed by atoms with Crippen LogP contribution in [0.1, 0.15) is 0 Å². The van der Waals surface area contributed by atoms with E-state index in [4.69, 9.17) is 21.9 Å². The van der Waals surface area contributed by atoms with E-state index in [1.807, 2.05) is 36.4 Å². The van der Waals surface area contributed by atoms with E-state index in [-0.39, 0.29) is 5.82 Å². The average Bonchev–Trinajstić information content (AvgIpc) is 2.67. The zero-order chi connectivity index (χ0) is 19.0. The van der Waals surface area contributed by atoms with Gasteiger partial charge < -0.3 is 21.9 Å². The second-order valence-corrected chi connectivity index (χ2v) is 5.95. The van der Waals surface area contributed by atoms with Gasteiger partial charge >= 0.3 is 0 Å². The van der Waals surface area contributed by atoms with E-state index >= 15 is 0 Å². The topological polar surface area (TPSA) is 138 Å². The van der Waals surface area contributed by atoms with Gasteiger partial charge in [-0.1, -0.05) is 0 Å². The molecule has 0 saturated heterocycles. The van der Waals surface area contributed by atoms with Gasteiger partial charge in [0.2, 0.25) is 0 Å². The summed E-state index contributed by atoms with van der Waals surface area (Å²) in [6.45, 7) is 0. The fourth-order valence-corrected chi connectivity index (χ4v) is 2.81. The summed E-state index contributed by atoms with van der Waals surface area (Å²) < 4.78 is 5.27. The lowest BCUT2D eigenvalue weighted by molar-refractivity contribution is 0.415. The number of pyridine rings is 2. The molecule has 0 amide bonds. The standard InChI is InChI=1S/C19H17N7O/c1-27-11-3-5-14-13(9-11)18(21)12-4-2-10(8-16(12)23-14)25-26-15-6-7-17(20)24-19(15)22/h2-9H,1H3,(H2,21,23)(H4,20,22,24). The van der Waals surface area contributed by atoms with Crippen molar-refractivity contribution < 1.29 is 4.74 Å². The Morgan fingerprint density at radius 1 is 0.815 bits per heavy atom. The monoisotopic (exact) mass is 359 g/mol. The number of nitrogens with two attached hydrogens (primary N) is 3. The van der Waals surface area contributed by atoms with Crippen molar-refractivity contribution in [2.24, 2.45) is 10.2 Å². The molecule has 0 bridgehead atoms. The minimum Gasteiger partial charge on any atom is -0.497 e. The molecule has 8 nitrogen and oxygen atoms in total. The van der Waals surface area contributed by atoms with Crippen molar-refractivity contribution in [3.8, 4) is 5.75 Å². The molecule has 0 aliphatic carbocycles. The lowest BCUT2D eigenvalue weighted by Gasteiger charge is -2.08. The van der Waals surface area contributed by atoms with E-state index in [1.54, 1.807) is 19.2 Å². The highest BCUT2D eigenvalue weighted by Gasteiger charge is 2.08. The molecule has 8 heteroatoms. The van der Waals surface area contributed by atoms with Crippen molar-refractivity contribution in [2.75, 3.05) is 24.3 Å². The first-order valence-corrected chi connectivity index (χ1v) is 8.16. The number of rotatable bonds is 3. The minimum absolute atomic E-state index is 0.224. The molecule has 6 N–H and O–H groups in total. The molecule has 134 valence electrons. The average molecular weight is 359 g/mol. The maximum Gasteiger partial charge on any atom is 0.153 e. The predicted molar refractivity (Wildman–Crippen MR) is 107 cm³/mol. The maximum atomic E-state index is 6.34. The van der Waals surface area contributed by atoms with E-state index in [1.165, 1.54) is 0 Å². The van der Waals surface area contributed by atoms with Crippen LogP contribution in [0.25, 0.3) is 21.8 Å². The van der Waals surface area contributed by atoms with Gasteiger partial charge in [-0.25, -0.2) is 9.97 Å². The van der Waals surface area contributed by atoms with E-state index in [2.05, 4.69) is 20.2 Å². The van der Waals surface area contributed by atoms with E-state index < -0.39 is 0 Å². The van der Waals surface area contributed by atoms with Crippen LogP contribution < -0.4 is 21.9 Å². The lowest BCUT2D eigenvalue weighted by Crippen LogP contribution is -1.95. The first-order chi connectivity index (χ1) is 13.0. The molecule has 4 aromatic rings. The van der Waals surface area contributed by atoms with Crippen LogP contribution in [0.3, 0.4) is 0 Å². The lowest BCUT2D eigenvalue weighted by atomic mass is 10.1. The molecule has 0 aliphatic rings. The molecular formula is C19H17N7O. The molecule has 0 saturated carbocycles.